The van der Waals surface area contributed by atoms with Crippen LogP contribution in [-0.4, -0.2) is 19.0 Å². The molecule has 94 valence electrons. The van der Waals surface area contributed by atoms with Gasteiger partial charge in [-0.05, 0) is 17.5 Å². The molecule has 0 saturated heterocycles. The van der Waals surface area contributed by atoms with Gasteiger partial charge in [0.1, 0.15) is 0 Å². The van der Waals surface area contributed by atoms with Crippen LogP contribution in [0.2, 0.25) is 0 Å². The molecule has 0 aliphatic carbocycles. The summed E-state index contributed by atoms with van der Waals surface area (Å²) in [5.74, 6) is 1.96. The number of thioether (sulfide) groups is 1. The number of ether oxygens (including phenoxy) is 1. The maximum Gasteiger partial charge on any atom is 0.216 e. The molecular weight excluding hydrogens is 299 g/mol. The van der Waals surface area contributed by atoms with Gasteiger partial charge in [-0.3, -0.25) is 0 Å². The normalized spacial score (nSPS) is 17.8. The van der Waals surface area contributed by atoms with Crippen molar-refractivity contribution in [2.24, 2.45) is 0 Å². The van der Waals surface area contributed by atoms with Crippen molar-refractivity contribution in [2.75, 3.05) is 19.0 Å². The van der Waals surface area contributed by atoms with Crippen LogP contribution in [-0.2, 0) is 20.7 Å². The van der Waals surface area contributed by atoms with Crippen LogP contribution in [0.4, 0.5) is 0 Å². The number of hydrogen-bond donors (Lipinski definition) is 0. The number of benzene rings is 1. The summed E-state index contributed by atoms with van der Waals surface area (Å²) in [4.78, 5) is 0. The summed E-state index contributed by atoms with van der Waals surface area (Å²) in [5.41, 5.74) is 3.28. The van der Waals surface area contributed by atoms with Crippen molar-refractivity contribution < 1.29 is 4.74 Å². The van der Waals surface area contributed by atoms with Gasteiger partial charge >= 0.3 is 0 Å². The molecule has 1 aliphatic heterocycles. The lowest BCUT2D eigenvalue weighted by Gasteiger charge is -2.15. The van der Waals surface area contributed by atoms with Crippen molar-refractivity contribution in [1.82, 2.24) is 0 Å². The van der Waals surface area contributed by atoms with E-state index >= 15 is 0 Å². The van der Waals surface area contributed by atoms with E-state index in [1.807, 2.05) is 30.0 Å². The summed E-state index contributed by atoms with van der Waals surface area (Å²) in [6, 6.07) is 5.93. The first-order valence-corrected chi connectivity index (χ1v) is 7.71. The van der Waals surface area contributed by atoms with E-state index in [0.717, 1.165) is 36.7 Å². The van der Waals surface area contributed by atoms with Gasteiger partial charge in [0.15, 0.2) is 0 Å². The van der Waals surface area contributed by atoms with E-state index in [4.69, 9.17) is 39.5 Å². The quantitative estimate of drug-likeness (QED) is 0.660. The Kier molecular flexibility index (Phi) is 4.90. The van der Waals surface area contributed by atoms with Gasteiger partial charge in [0.2, 0.25) is 3.79 Å². The second-order valence-corrected chi connectivity index (χ2v) is 7.28. The van der Waals surface area contributed by atoms with Crippen molar-refractivity contribution in [3.63, 3.8) is 0 Å². The van der Waals surface area contributed by atoms with Gasteiger partial charge in [0, 0.05) is 17.1 Å². The van der Waals surface area contributed by atoms with Crippen LogP contribution in [0.25, 0.3) is 0 Å². The lowest BCUT2D eigenvalue weighted by atomic mass is 10.0. The Morgan fingerprint density at radius 1 is 1.12 bits per heavy atom. The fraction of sp³-hybridized carbons (Fsp3) is 0.500. The van der Waals surface area contributed by atoms with Crippen LogP contribution in [0, 0.1) is 0 Å². The van der Waals surface area contributed by atoms with Crippen LogP contribution in [0.15, 0.2) is 18.2 Å². The van der Waals surface area contributed by atoms with Crippen molar-refractivity contribution in [3.05, 3.63) is 34.9 Å². The van der Waals surface area contributed by atoms with E-state index < -0.39 is 3.79 Å². The Bertz CT molecular complexity index is 390. The zero-order chi connectivity index (χ0) is 12.3. The van der Waals surface area contributed by atoms with Gasteiger partial charge < -0.3 is 4.74 Å². The third-order valence-corrected chi connectivity index (χ3v) is 4.30. The first-order valence-electron chi connectivity index (χ1n) is 5.42. The fourth-order valence-electron chi connectivity index (χ4n) is 1.76. The summed E-state index contributed by atoms with van der Waals surface area (Å²) >= 11 is 19.6. The van der Waals surface area contributed by atoms with Crippen LogP contribution in [0.5, 0.6) is 0 Å². The molecule has 0 amide bonds. The highest BCUT2D eigenvalue weighted by Gasteiger charge is 2.23. The smallest absolute Gasteiger partial charge is 0.216 e. The summed E-state index contributed by atoms with van der Waals surface area (Å²) in [6.07, 6.45) is 0.927. The molecule has 1 nitrogen and oxygen atoms in total. The van der Waals surface area contributed by atoms with Gasteiger partial charge in [-0.15, -0.1) is 0 Å². The predicted octanol–water partition coefficient (Wildman–Crippen LogP) is 4.32. The molecule has 0 unspecified atom stereocenters. The third-order valence-electron chi connectivity index (χ3n) is 2.68. The first kappa shape index (κ1) is 13.8. The summed E-state index contributed by atoms with van der Waals surface area (Å²) in [5, 5.41) is 0. The number of alkyl halides is 3. The summed E-state index contributed by atoms with van der Waals surface area (Å²) in [6.45, 7) is 1.58. The molecule has 2 rings (SSSR count). The Labute approximate surface area is 121 Å². The van der Waals surface area contributed by atoms with Crippen LogP contribution < -0.4 is 0 Å². The highest BCUT2D eigenvalue weighted by atomic mass is 35.6. The standard InChI is InChI=1S/C12H13Cl3OS/c13-12(14,15)11-2-1-9-3-4-16-5-6-17-8-10(9)7-11/h1-2,7H,3-6,8H2. The maximum absolute atomic E-state index is 5.91. The zero-order valence-corrected chi connectivity index (χ0v) is 12.3. The third kappa shape index (κ3) is 3.93. The molecule has 17 heavy (non-hydrogen) atoms. The SMILES string of the molecule is ClC(Cl)(Cl)c1ccc2c(c1)CSCCOCC2. The van der Waals surface area contributed by atoms with Gasteiger partial charge in [-0.2, -0.15) is 11.8 Å². The minimum Gasteiger partial charge on any atom is -0.380 e. The van der Waals surface area contributed by atoms with E-state index in [1.165, 1.54) is 11.1 Å². The van der Waals surface area contributed by atoms with Crippen LogP contribution in [0.3, 0.4) is 0 Å². The zero-order valence-electron chi connectivity index (χ0n) is 9.22. The van der Waals surface area contributed by atoms with Crippen LogP contribution in [0.1, 0.15) is 16.7 Å². The molecule has 0 saturated carbocycles. The summed E-state index contributed by atoms with van der Waals surface area (Å²) < 4.78 is 4.17. The van der Waals surface area contributed by atoms with E-state index in [1.54, 1.807) is 0 Å². The average Bonchev–Trinajstić information content (AvgIpc) is 2.38. The molecule has 0 spiro atoms. The molecular formula is C12H13Cl3OS. The monoisotopic (exact) mass is 310 g/mol. The molecule has 1 heterocycles. The summed E-state index contributed by atoms with van der Waals surface area (Å²) in [7, 11) is 0. The number of fused-ring (bicyclic) bond motifs is 1. The fourth-order valence-corrected chi connectivity index (χ4v) is 2.99. The topological polar surface area (TPSA) is 9.23 Å². The molecule has 0 radical (unpaired) electrons. The lowest BCUT2D eigenvalue weighted by molar-refractivity contribution is 0.153. The Morgan fingerprint density at radius 2 is 1.94 bits per heavy atom. The molecule has 0 atom stereocenters. The average molecular weight is 312 g/mol. The number of rotatable bonds is 0. The number of hydrogen-bond acceptors (Lipinski definition) is 2. The Balaban J connectivity index is 2.28. The Hall–Kier alpha value is 0.400. The molecule has 1 aromatic rings. The van der Waals surface area contributed by atoms with Crippen molar-refractivity contribution in [3.8, 4) is 0 Å². The second-order valence-electron chi connectivity index (χ2n) is 3.90. The molecule has 5 heteroatoms. The first-order chi connectivity index (χ1) is 8.07. The molecule has 0 fully saturated rings. The number of halogens is 3. The van der Waals surface area contributed by atoms with Gasteiger partial charge in [0.05, 0.1) is 13.2 Å². The Morgan fingerprint density at radius 3 is 2.71 bits per heavy atom. The van der Waals surface area contributed by atoms with E-state index in [0.29, 0.717) is 0 Å². The van der Waals surface area contributed by atoms with Gasteiger partial charge in [-0.1, -0.05) is 53.0 Å². The molecule has 0 bridgehead atoms. The van der Waals surface area contributed by atoms with E-state index in [-0.39, 0.29) is 0 Å². The highest BCUT2D eigenvalue weighted by molar-refractivity contribution is 7.98. The highest BCUT2D eigenvalue weighted by Crippen LogP contribution is 2.39. The van der Waals surface area contributed by atoms with Crippen molar-refractivity contribution in [2.45, 2.75) is 16.0 Å². The van der Waals surface area contributed by atoms with E-state index in [9.17, 15) is 0 Å². The minimum absolute atomic E-state index is 0.738. The molecule has 0 N–H and O–H groups in total. The van der Waals surface area contributed by atoms with Crippen molar-refractivity contribution >= 4 is 46.6 Å². The largest absolute Gasteiger partial charge is 0.380 e. The molecule has 1 aliphatic rings. The molecule has 0 aromatic heterocycles. The second kappa shape index (κ2) is 6.03. The van der Waals surface area contributed by atoms with E-state index in [2.05, 4.69) is 0 Å². The van der Waals surface area contributed by atoms with Crippen molar-refractivity contribution in [1.29, 1.82) is 0 Å². The van der Waals surface area contributed by atoms with Gasteiger partial charge in [-0.25, -0.2) is 0 Å². The lowest BCUT2D eigenvalue weighted by Crippen LogP contribution is -2.04. The van der Waals surface area contributed by atoms with Crippen LogP contribution >= 0.6 is 46.6 Å². The van der Waals surface area contributed by atoms with Gasteiger partial charge in [0.25, 0.3) is 0 Å². The molecule has 1 aromatic carbocycles. The minimum atomic E-state index is -1.34. The predicted molar refractivity (Wildman–Crippen MR) is 76.4 cm³/mol. The maximum atomic E-state index is 5.91.